The van der Waals surface area contributed by atoms with Crippen molar-refractivity contribution in [3.63, 3.8) is 0 Å². The summed E-state index contributed by atoms with van der Waals surface area (Å²) in [7, 11) is -3.52. The van der Waals surface area contributed by atoms with Crippen molar-refractivity contribution in [2.75, 3.05) is 26.2 Å². The quantitative estimate of drug-likeness (QED) is 0.805. The topological polar surface area (TPSA) is 64.4 Å². The molecule has 26 heavy (non-hydrogen) atoms. The van der Waals surface area contributed by atoms with E-state index in [0.29, 0.717) is 36.1 Å². The number of nitrogens with zero attached hydrogens (tertiary/aromatic N) is 3. The van der Waals surface area contributed by atoms with Gasteiger partial charge in [0, 0.05) is 31.2 Å². The van der Waals surface area contributed by atoms with Crippen molar-refractivity contribution in [2.45, 2.75) is 17.9 Å². The van der Waals surface area contributed by atoms with Crippen molar-refractivity contribution in [1.29, 1.82) is 5.26 Å². The summed E-state index contributed by atoms with van der Waals surface area (Å²) < 4.78 is 27.3. The molecule has 0 aliphatic carbocycles. The lowest BCUT2D eigenvalue weighted by Crippen LogP contribution is -2.49. The van der Waals surface area contributed by atoms with Crippen LogP contribution in [0, 0.1) is 18.3 Å². The van der Waals surface area contributed by atoms with Crippen molar-refractivity contribution in [1.82, 2.24) is 9.21 Å². The Balaban J connectivity index is 1.75. The molecule has 0 radical (unpaired) electrons. The van der Waals surface area contributed by atoms with Gasteiger partial charge in [0.25, 0.3) is 0 Å². The van der Waals surface area contributed by atoms with Gasteiger partial charge < -0.3 is 0 Å². The minimum Gasteiger partial charge on any atom is -0.282 e. The minimum atomic E-state index is -3.52. The third-order valence-electron chi connectivity index (χ3n) is 4.64. The number of halogens is 1. The lowest BCUT2D eigenvalue weighted by atomic mass is 10.1. The fourth-order valence-corrected chi connectivity index (χ4v) is 5.08. The Kier molecular flexibility index (Phi) is 5.64. The molecule has 0 spiro atoms. The molecule has 1 fully saturated rings. The summed E-state index contributed by atoms with van der Waals surface area (Å²) in [5.41, 5.74) is 1.57. The average molecular weight is 390 g/mol. The molecule has 0 N–H and O–H groups in total. The van der Waals surface area contributed by atoms with Crippen molar-refractivity contribution in [3.8, 4) is 6.07 Å². The largest absolute Gasteiger partial charge is 0.282 e. The lowest BCUT2D eigenvalue weighted by molar-refractivity contribution is 0.162. The number of benzene rings is 2. The molecule has 3 rings (SSSR count). The Labute approximate surface area is 159 Å². The van der Waals surface area contributed by atoms with Gasteiger partial charge in [-0.25, -0.2) is 8.42 Å². The Morgan fingerprint density at radius 3 is 2.38 bits per heavy atom. The van der Waals surface area contributed by atoms with Crippen molar-refractivity contribution >= 4 is 21.6 Å². The fraction of sp³-hybridized carbons (Fsp3) is 0.316. The number of sulfonamides is 1. The Morgan fingerprint density at radius 1 is 1.08 bits per heavy atom. The summed E-state index contributed by atoms with van der Waals surface area (Å²) >= 11 is 6.03. The van der Waals surface area contributed by atoms with Crippen LogP contribution in [0.15, 0.2) is 53.4 Å². The highest BCUT2D eigenvalue weighted by molar-refractivity contribution is 7.89. The molecule has 0 aromatic heterocycles. The fourth-order valence-electron chi connectivity index (χ4n) is 3.23. The third kappa shape index (κ3) is 3.76. The first-order valence-corrected chi connectivity index (χ1v) is 10.2. The predicted molar refractivity (Wildman–Crippen MR) is 101 cm³/mol. The van der Waals surface area contributed by atoms with Crippen LogP contribution in [0.3, 0.4) is 0 Å². The molecule has 1 atom stereocenters. The predicted octanol–water partition coefficient (Wildman–Crippen LogP) is 3.22. The van der Waals surface area contributed by atoms with E-state index in [1.165, 1.54) is 4.31 Å². The minimum absolute atomic E-state index is 0.347. The van der Waals surface area contributed by atoms with E-state index in [1.54, 1.807) is 37.3 Å². The van der Waals surface area contributed by atoms with Gasteiger partial charge in [0.1, 0.15) is 6.04 Å². The second kappa shape index (κ2) is 7.77. The van der Waals surface area contributed by atoms with Crippen LogP contribution in [0.4, 0.5) is 0 Å². The number of rotatable bonds is 4. The van der Waals surface area contributed by atoms with Gasteiger partial charge in [0.2, 0.25) is 10.0 Å². The lowest BCUT2D eigenvalue weighted by Gasteiger charge is -2.36. The molecule has 2 aromatic carbocycles. The van der Waals surface area contributed by atoms with E-state index < -0.39 is 16.1 Å². The van der Waals surface area contributed by atoms with Crippen molar-refractivity contribution < 1.29 is 8.42 Å². The summed E-state index contributed by atoms with van der Waals surface area (Å²) in [5, 5.41) is 10.2. The first-order chi connectivity index (χ1) is 12.4. The van der Waals surface area contributed by atoms with Gasteiger partial charge in [-0.1, -0.05) is 41.9 Å². The standard InChI is InChI=1S/C19H20ClN3O2S/c1-15-5-2-3-8-19(15)26(24,25)23-11-9-22(10-12-23)18(14-21)16-6-4-7-17(20)13-16/h2-8,13,18H,9-12H2,1H3. The maximum Gasteiger partial charge on any atom is 0.243 e. The first kappa shape index (κ1) is 18.9. The highest BCUT2D eigenvalue weighted by atomic mass is 35.5. The second-order valence-electron chi connectivity index (χ2n) is 6.29. The van der Waals surface area contributed by atoms with Crippen LogP contribution in [-0.4, -0.2) is 43.8 Å². The molecule has 1 heterocycles. The van der Waals surface area contributed by atoms with Gasteiger partial charge >= 0.3 is 0 Å². The maximum atomic E-state index is 12.9. The zero-order valence-corrected chi connectivity index (χ0v) is 16.0. The molecule has 1 aliphatic rings. The van der Waals surface area contributed by atoms with E-state index in [-0.39, 0.29) is 0 Å². The zero-order valence-electron chi connectivity index (χ0n) is 14.5. The monoisotopic (exact) mass is 389 g/mol. The van der Waals surface area contributed by atoms with E-state index in [4.69, 9.17) is 11.6 Å². The van der Waals surface area contributed by atoms with E-state index in [1.807, 2.05) is 23.1 Å². The molecule has 2 aromatic rings. The first-order valence-electron chi connectivity index (χ1n) is 8.38. The van der Waals surface area contributed by atoms with Gasteiger partial charge in [-0.05, 0) is 36.2 Å². The average Bonchev–Trinajstić information content (AvgIpc) is 2.63. The molecular weight excluding hydrogens is 370 g/mol. The van der Waals surface area contributed by atoms with Gasteiger partial charge in [0.05, 0.1) is 11.0 Å². The van der Waals surface area contributed by atoms with Gasteiger partial charge in [-0.2, -0.15) is 9.57 Å². The molecular formula is C19H20ClN3O2S. The Morgan fingerprint density at radius 2 is 1.77 bits per heavy atom. The molecule has 1 unspecified atom stereocenters. The number of aryl methyl sites for hydroxylation is 1. The number of piperazine rings is 1. The van der Waals surface area contributed by atoms with Crippen LogP contribution in [0.2, 0.25) is 5.02 Å². The maximum absolute atomic E-state index is 12.9. The molecule has 0 bridgehead atoms. The van der Waals surface area contributed by atoms with E-state index in [2.05, 4.69) is 6.07 Å². The van der Waals surface area contributed by atoms with Crippen LogP contribution in [0.1, 0.15) is 17.2 Å². The van der Waals surface area contributed by atoms with Gasteiger partial charge in [-0.15, -0.1) is 0 Å². The third-order valence-corrected chi connectivity index (χ3v) is 6.93. The molecule has 0 saturated carbocycles. The molecule has 1 saturated heterocycles. The van der Waals surface area contributed by atoms with Crippen LogP contribution in [-0.2, 0) is 10.0 Å². The van der Waals surface area contributed by atoms with Gasteiger partial charge in [0.15, 0.2) is 0 Å². The SMILES string of the molecule is Cc1ccccc1S(=O)(=O)N1CCN(C(C#N)c2cccc(Cl)c2)CC1. The normalized spacial score (nSPS) is 17.6. The molecule has 0 amide bonds. The molecule has 7 heteroatoms. The van der Waals surface area contributed by atoms with Crippen molar-refractivity contribution in [2.24, 2.45) is 0 Å². The van der Waals surface area contributed by atoms with Gasteiger partial charge in [-0.3, -0.25) is 4.90 Å². The van der Waals surface area contributed by atoms with Crippen molar-refractivity contribution in [3.05, 3.63) is 64.7 Å². The summed E-state index contributed by atoms with van der Waals surface area (Å²) in [6.45, 7) is 3.50. The Hall–Kier alpha value is -1.91. The summed E-state index contributed by atoms with van der Waals surface area (Å²) in [6.07, 6.45) is 0. The highest BCUT2D eigenvalue weighted by Gasteiger charge is 2.32. The summed E-state index contributed by atoms with van der Waals surface area (Å²) in [4.78, 5) is 2.34. The molecule has 5 nitrogen and oxygen atoms in total. The van der Waals surface area contributed by atoms with E-state index in [9.17, 15) is 13.7 Å². The van der Waals surface area contributed by atoms with Crippen LogP contribution >= 0.6 is 11.6 Å². The number of hydrogen-bond acceptors (Lipinski definition) is 4. The molecule has 1 aliphatic heterocycles. The molecule has 136 valence electrons. The number of nitriles is 1. The Bertz CT molecular complexity index is 932. The highest BCUT2D eigenvalue weighted by Crippen LogP contribution is 2.26. The summed E-state index contributed by atoms with van der Waals surface area (Å²) in [5.74, 6) is 0. The smallest absolute Gasteiger partial charge is 0.243 e. The van der Waals surface area contributed by atoms with Crippen LogP contribution < -0.4 is 0 Å². The second-order valence-corrected chi connectivity index (χ2v) is 8.63. The van der Waals surface area contributed by atoms with Crippen LogP contribution in [0.5, 0.6) is 0 Å². The zero-order chi connectivity index (χ0) is 18.7. The van der Waals surface area contributed by atoms with E-state index in [0.717, 1.165) is 11.1 Å². The van der Waals surface area contributed by atoms with E-state index >= 15 is 0 Å². The summed E-state index contributed by atoms with van der Waals surface area (Å²) in [6, 6.07) is 16.1. The number of hydrogen-bond donors (Lipinski definition) is 0. The van der Waals surface area contributed by atoms with Crippen LogP contribution in [0.25, 0.3) is 0 Å².